The van der Waals surface area contributed by atoms with Gasteiger partial charge in [-0.15, -0.1) is 0 Å². The number of carbonyl (C=O) groups excluding carboxylic acids is 3. The number of carbonyl (C=O) groups is 3. The van der Waals surface area contributed by atoms with Gasteiger partial charge in [0.2, 0.25) is 0 Å². The number of hydrogen-bond acceptors (Lipinski definition) is 5. The number of rotatable bonds is 8. The molecule has 6 heteroatoms. The van der Waals surface area contributed by atoms with E-state index < -0.39 is 23.9 Å². The van der Waals surface area contributed by atoms with Crippen LogP contribution in [0, 0.1) is 0 Å². The lowest BCUT2D eigenvalue weighted by atomic mass is 10.0. The van der Waals surface area contributed by atoms with Crippen LogP contribution in [0.25, 0.3) is 0 Å². The van der Waals surface area contributed by atoms with E-state index in [0.29, 0.717) is 0 Å². The summed E-state index contributed by atoms with van der Waals surface area (Å²) in [6, 6.07) is 17.2. The number of Topliss-reactive ketones (excluding diaryl/α,β-unsaturated/α-hetero) is 1. The van der Waals surface area contributed by atoms with Crippen LogP contribution in [0.5, 0.6) is 0 Å². The maximum atomic E-state index is 12.3. The molecule has 1 unspecified atom stereocenters. The van der Waals surface area contributed by atoms with Gasteiger partial charge in [0.05, 0.1) is 6.61 Å². The highest BCUT2D eigenvalue weighted by Crippen LogP contribution is 2.06. The Bertz CT molecular complexity index is 730. The number of alkyl carbamates (subject to hydrolysis) is 1. The fourth-order valence-electron chi connectivity index (χ4n) is 2.31. The monoisotopic (exact) mass is 355 g/mol. The average molecular weight is 355 g/mol. The van der Waals surface area contributed by atoms with Gasteiger partial charge in [0, 0.05) is 6.42 Å². The van der Waals surface area contributed by atoms with Crippen LogP contribution in [0.1, 0.15) is 18.1 Å². The molecule has 0 spiro atoms. The van der Waals surface area contributed by atoms with Gasteiger partial charge in [-0.2, -0.15) is 0 Å². The maximum absolute atomic E-state index is 12.3. The largest absolute Gasteiger partial charge is 0.460 e. The van der Waals surface area contributed by atoms with Gasteiger partial charge in [-0.1, -0.05) is 60.7 Å². The Morgan fingerprint density at radius 3 is 2.04 bits per heavy atom. The maximum Gasteiger partial charge on any atom is 0.408 e. The summed E-state index contributed by atoms with van der Waals surface area (Å²) >= 11 is 0. The van der Waals surface area contributed by atoms with Crippen LogP contribution in [-0.2, 0) is 32.1 Å². The van der Waals surface area contributed by atoms with Crippen molar-refractivity contribution in [2.45, 2.75) is 26.0 Å². The van der Waals surface area contributed by atoms with Crippen molar-refractivity contribution in [3.05, 3.63) is 71.8 Å². The minimum atomic E-state index is -1.06. The Hall–Kier alpha value is -3.15. The second-order valence-corrected chi connectivity index (χ2v) is 5.53. The van der Waals surface area contributed by atoms with Crippen molar-refractivity contribution < 1.29 is 23.9 Å². The molecule has 2 aromatic rings. The Morgan fingerprint density at radius 1 is 0.885 bits per heavy atom. The summed E-state index contributed by atoms with van der Waals surface area (Å²) in [5.41, 5.74) is 1.62. The quantitative estimate of drug-likeness (QED) is 0.581. The number of amides is 1. The molecule has 26 heavy (non-hydrogen) atoms. The van der Waals surface area contributed by atoms with Crippen LogP contribution in [0.15, 0.2) is 60.7 Å². The van der Waals surface area contributed by atoms with Crippen LogP contribution in [-0.4, -0.2) is 30.5 Å². The van der Waals surface area contributed by atoms with Crippen molar-refractivity contribution in [1.29, 1.82) is 0 Å². The molecule has 1 amide bonds. The zero-order valence-corrected chi connectivity index (χ0v) is 14.5. The molecule has 0 fully saturated rings. The molecule has 0 aliphatic carbocycles. The standard InChI is InChI=1S/C20H21NO5/c1-2-25-19(23)18(22)17(13-15-9-5-3-6-10-15)21-20(24)26-14-16-11-7-4-8-12-16/h3-12,17H,2,13-14H2,1H3,(H,21,24). The Kier molecular flexibility index (Phi) is 7.36. The van der Waals surface area contributed by atoms with E-state index in [1.54, 1.807) is 6.92 Å². The summed E-state index contributed by atoms with van der Waals surface area (Å²) in [4.78, 5) is 36.1. The van der Waals surface area contributed by atoms with E-state index in [1.807, 2.05) is 60.7 Å². The summed E-state index contributed by atoms with van der Waals surface area (Å²) in [5, 5.41) is 2.46. The fourth-order valence-corrected chi connectivity index (χ4v) is 2.31. The molecule has 1 atom stereocenters. The Morgan fingerprint density at radius 2 is 1.46 bits per heavy atom. The number of nitrogens with one attached hydrogen (secondary N) is 1. The van der Waals surface area contributed by atoms with Crippen LogP contribution in [0.4, 0.5) is 4.79 Å². The van der Waals surface area contributed by atoms with Crippen LogP contribution >= 0.6 is 0 Å². The topological polar surface area (TPSA) is 81.7 Å². The minimum absolute atomic E-state index is 0.0678. The van der Waals surface area contributed by atoms with Gasteiger partial charge in [0.1, 0.15) is 12.6 Å². The highest BCUT2D eigenvalue weighted by Gasteiger charge is 2.28. The highest BCUT2D eigenvalue weighted by molar-refractivity contribution is 6.36. The lowest BCUT2D eigenvalue weighted by Crippen LogP contribution is -2.46. The third-order valence-corrected chi connectivity index (χ3v) is 3.58. The van der Waals surface area contributed by atoms with Crippen molar-refractivity contribution in [1.82, 2.24) is 5.32 Å². The molecule has 0 saturated carbocycles. The van der Waals surface area contributed by atoms with Gasteiger partial charge in [-0.3, -0.25) is 4.79 Å². The summed E-state index contributed by atoms with van der Waals surface area (Å²) < 4.78 is 9.88. The van der Waals surface area contributed by atoms with Crippen LogP contribution in [0.3, 0.4) is 0 Å². The second-order valence-electron chi connectivity index (χ2n) is 5.53. The van der Waals surface area contributed by atoms with Gasteiger partial charge in [0.25, 0.3) is 5.78 Å². The summed E-state index contributed by atoms with van der Waals surface area (Å²) in [6.07, 6.45) is -0.605. The highest BCUT2D eigenvalue weighted by atomic mass is 16.6. The Balaban J connectivity index is 2.01. The third kappa shape index (κ3) is 6.05. The first-order valence-electron chi connectivity index (χ1n) is 8.32. The smallest absolute Gasteiger partial charge is 0.408 e. The first-order valence-corrected chi connectivity index (χ1v) is 8.32. The van der Waals surface area contributed by atoms with E-state index in [1.165, 1.54) is 0 Å². The predicted octanol–water partition coefficient (Wildman–Crippen LogP) is 2.66. The SMILES string of the molecule is CCOC(=O)C(=O)C(Cc1ccccc1)NC(=O)OCc1ccccc1. The van der Waals surface area contributed by atoms with Gasteiger partial charge in [-0.05, 0) is 18.1 Å². The molecule has 0 radical (unpaired) electrons. The molecule has 0 heterocycles. The molecule has 0 bridgehead atoms. The van der Waals surface area contributed by atoms with Crippen molar-refractivity contribution in [3.63, 3.8) is 0 Å². The van der Waals surface area contributed by atoms with E-state index in [9.17, 15) is 14.4 Å². The molecule has 0 aliphatic rings. The van der Waals surface area contributed by atoms with E-state index in [2.05, 4.69) is 5.32 Å². The van der Waals surface area contributed by atoms with Crippen molar-refractivity contribution in [2.24, 2.45) is 0 Å². The predicted molar refractivity (Wildman–Crippen MR) is 95.3 cm³/mol. The van der Waals surface area contributed by atoms with Crippen molar-refractivity contribution in [2.75, 3.05) is 6.61 Å². The van der Waals surface area contributed by atoms with E-state index in [0.717, 1.165) is 11.1 Å². The van der Waals surface area contributed by atoms with E-state index in [4.69, 9.17) is 9.47 Å². The molecule has 2 aromatic carbocycles. The summed E-state index contributed by atoms with van der Waals surface area (Å²) in [6.45, 7) is 1.76. The molecule has 1 N–H and O–H groups in total. The minimum Gasteiger partial charge on any atom is -0.460 e. The molecule has 0 aromatic heterocycles. The molecular formula is C20H21NO5. The molecule has 0 aliphatic heterocycles. The number of esters is 1. The number of ether oxygens (including phenoxy) is 2. The van der Waals surface area contributed by atoms with Gasteiger partial charge >= 0.3 is 12.1 Å². The molecule has 2 rings (SSSR count). The molecular weight excluding hydrogens is 334 g/mol. The first kappa shape index (κ1) is 19.2. The number of hydrogen-bond donors (Lipinski definition) is 1. The van der Waals surface area contributed by atoms with Gasteiger partial charge in [0.15, 0.2) is 0 Å². The zero-order chi connectivity index (χ0) is 18.8. The van der Waals surface area contributed by atoms with Gasteiger partial charge in [-0.25, -0.2) is 9.59 Å². The van der Waals surface area contributed by atoms with E-state index in [-0.39, 0.29) is 19.6 Å². The lowest BCUT2D eigenvalue weighted by molar-refractivity contribution is -0.154. The van der Waals surface area contributed by atoms with Crippen molar-refractivity contribution in [3.8, 4) is 0 Å². The normalized spacial score (nSPS) is 11.3. The van der Waals surface area contributed by atoms with Crippen LogP contribution in [0.2, 0.25) is 0 Å². The Labute approximate surface area is 152 Å². The molecule has 6 nitrogen and oxygen atoms in total. The zero-order valence-electron chi connectivity index (χ0n) is 14.5. The number of ketones is 1. The lowest BCUT2D eigenvalue weighted by Gasteiger charge is -2.17. The summed E-state index contributed by atoms with van der Waals surface area (Å²) in [7, 11) is 0. The second kappa shape index (κ2) is 9.98. The molecule has 136 valence electrons. The third-order valence-electron chi connectivity index (χ3n) is 3.58. The molecule has 0 saturated heterocycles. The first-order chi connectivity index (χ1) is 12.6. The number of benzene rings is 2. The fraction of sp³-hybridized carbons (Fsp3) is 0.250. The average Bonchev–Trinajstić information content (AvgIpc) is 2.67. The van der Waals surface area contributed by atoms with Gasteiger partial charge < -0.3 is 14.8 Å². The van der Waals surface area contributed by atoms with Crippen LogP contribution < -0.4 is 5.32 Å². The summed E-state index contributed by atoms with van der Waals surface area (Å²) in [5.74, 6) is -1.79. The van der Waals surface area contributed by atoms with E-state index >= 15 is 0 Å². The van der Waals surface area contributed by atoms with Crippen molar-refractivity contribution >= 4 is 17.8 Å².